The molecule has 0 fully saturated rings. The number of hydrogen-bond donors (Lipinski definition) is 0. The van der Waals surface area contributed by atoms with Crippen LogP contribution in [-0.2, 0) is 4.79 Å². The fourth-order valence-electron chi connectivity index (χ4n) is 1.53. The molecule has 0 amide bonds. The second kappa shape index (κ2) is 8.97. The summed E-state index contributed by atoms with van der Waals surface area (Å²) in [6, 6.07) is 15.6. The summed E-state index contributed by atoms with van der Waals surface area (Å²) in [6.45, 7) is 8.05. The predicted octanol–water partition coefficient (Wildman–Crippen LogP) is 3.75. The van der Waals surface area contributed by atoms with Gasteiger partial charge in [0.05, 0.1) is 0 Å². The summed E-state index contributed by atoms with van der Waals surface area (Å²) in [5.41, 5.74) is 3.96. The van der Waals surface area contributed by atoms with E-state index in [1.54, 1.807) is 0 Å². The summed E-state index contributed by atoms with van der Waals surface area (Å²) < 4.78 is 0. The molecule has 0 aliphatic carbocycles. The number of aldehydes is 1. The fraction of sp³-hybridized carbons (Fsp3) is 0.0500. The Hall–Kier alpha value is -3.03. The first kappa shape index (κ1) is 16.0. The third-order valence-electron chi connectivity index (χ3n) is 2.56. The van der Waals surface area contributed by atoms with Crippen LogP contribution in [0.15, 0.2) is 61.7 Å². The second-order valence-electron chi connectivity index (χ2n) is 4.08. The van der Waals surface area contributed by atoms with Crippen LogP contribution in [0.2, 0.25) is 0 Å². The highest BCUT2D eigenvalue weighted by atomic mass is 16.1. The summed E-state index contributed by atoms with van der Waals surface area (Å²) in [5.74, 6) is 11.3. The standard InChI is InChI=1S/C18H12O.C2H4/c1-15-4-6-17(7-5-15)12-13-18-10-8-16(9-11-18)3-2-14-19;1-2/h4-11,14H,1H3;1-2H2. The van der Waals surface area contributed by atoms with Crippen molar-refractivity contribution in [2.45, 2.75) is 6.92 Å². The molecule has 0 radical (unpaired) electrons. The van der Waals surface area contributed by atoms with Crippen molar-refractivity contribution in [1.82, 2.24) is 0 Å². The molecule has 2 aromatic rings. The van der Waals surface area contributed by atoms with Gasteiger partial charge in [-0.15, -0.1) is 13.2 Å². The van der Waals surface area contributed by atoms with Crippen LogP contribution >= 0.6 is 0 Å². The van der Waals surface area contributed by atoms with Crippen molar-refractivity contribution in [1.29, 1.82) is 0 Å². The smallest absolute Gasteiger partial charge is 0.193 e. The van der Waals surface area contributed by atoms with Gasteiger partial charge in [0.15, 0.2) is 6.29 Å². The lowest BCUT2D eigenvalue weighted by Gasteiger charge is -1.93. The van der Waals surface area contributed by atoms with Crippen LogP contribution in [0.25, 0.3) is 0 Å². The first-order chi connectivity index (χ1) is 10.3. The van der Waals surface area contributed by atoms with Crippen molar-refractivity contribution < 1.29 is 4.79 Å². The van der Waals surface area contributed by atoms with Gasteiger partial charge in [-0.05, 0) is 49.2 Å². The first-order valence-electron chi connectivity index (χ1n) is 6.42. The molecular weight excluding hydrogens is 256 g/mol. The van der Waals surface area contributed by atoms with E-state index < -0.39 is 0 Å². The second-order valence-corrected chi connectivity index (χ2v) is 4.08. The van der Waals surface area contributed by atoms with Gasteiger partial charge in [0.2, 0.25) is 0 Å². The molecule has 1 nitrogen and oxygen atoms in total. The van der Waals surface area contributed by atoms with Crippen LogP contribution in [0, 0.1) is 30.6 Å². The van der Waals surface area contributed by atoms with Crippen molar-refractivity contribution in [3.8, 4) is 23.7 Å². The molecular formula is C20H16O. The molecule has 2 aromatic carbocycles. The Labute approximate surface area is 126 Å². The van der Waals surface area contributed by atoms with Crippen molar-refractivity contribution in [2.75, 3.05) is 0 Å². The molecule has 0 aliphatic heterocycles. The van der Waals surface area contributed by atoms with Gasteiger partial charge >= 0.3 is 0 Å². The number of benzene rings is 2. The van der Waals surface area contributed by atoms with Crippen molar-refractivity contribution >= 4 is 6.29 Å². The van der Waals surface area contributed by atoms with Gasteiger partial charge in [-0.3, -0.25) is 4.79 Å². The van der Waals surface area contributed by atoms with E-state index in [0.717, 1.165) is 16.7 Å². The van der Waals surface area contributed by atoms with E-state index in [-0.39, 0.29) is 0 Å². The van der Waals surface area contributed by atoms with Crippen LogP contribution in [0.5, 0.6) is 0 Å². The highest BCUT2D eigenvalue weighted by Crippen LogP contribution is 2.04. The lowest BCUT2D eigenvalue weighted by atomic mass is 10.1. The van der Waals surface area contributed by atoms with E-state index in [9.17, 15) is 4.79 Å². The third kappa shape index (κ3) is 5.64. The maximum absolute atomic E-state index is 10.1. The molecule has 2 rings (SSSR count). The van der Waals surface area contributed by atoms with Gasteiger partial charge in [0.1, 0.15) is 0 Å². The largest absolute Gasteiger partial charge is 0.289 e. The van der Waals surface area contributed by atoms with E-state index >= 15 is 0 Å². The lowest BCUT2D eigenvalue weighted by molar-refractivity contribution is -0.103. The van der Waals surface area contributed by atoms with Crippen LogP contribution in [-0.4, -0.2) is 6.29 Å². The average Bonchev–Trinajstić information content (AvgIpc) is 2.55. The number of carbonyl (C=O) groups excluding carboxylic acids is 1. The topological polar surface area (TPSA) is 17.1 Å². The molecule has 0 saturated heterocycles. The summed E-state index contributed by atoms with van der Waals surface area (Å²) >= 11 is 0. The van der Waals surface area contributed by atoms with Crippen molar-refractivity contribution in [3.05, 3.63) is 83.9 Å². The van der Waals surface area contributed by atoms with Crippen molar-refractivity contribution in [3.63, 3.8) is 0 Å². The van der Waals surface area contributed by atoms with E-state index in [1.807, 2.05) is 48.5 Å². The molecule has 0 atom stereocenters. The van der Waals surface area contributed by atoms with Crippen LogP contribution in [0.1, 0.15) is 22.3 Å². The number of rotatable bonds is 0. The molecule has 0 heterocycles. The molecule has 0 unspecified atom stereocenters. The summed E-state index contributed by atoms with van der Waals surface area (Å²) in [5, 5.41) is 0. The SMILES string of the molecule is C=C.Cc1ccc(C#Cc2ccc(C#CC=O)cc2)cc1. The number of aryl methyl sites for hydroxylation is 1. The Morgan fingerprint density at radius 3 is 1.57 bits per heavy atom. The zero-order chi connectivity index (χ0) is 15.5. The Morgan fingerprint density at radius 2 is 1.14 bits per heavy atom. The summed E-state index contributed by atoms with van der Waals surface area (Å²) in [6.07, 6.45) is 0.588. The minimum absolute atomic E-state index is 0.588. The van der Waals surface area contributed by atoms with E-state index in [2.05, 4.69) is 43.8 Å². The van der Waals surface area contributed by atoms with Crippen LogP contribution < -0.4 is 0 Å². The highest BCUT2D eigenvalue weighted by molar-refractivity contribution is 5.74. The van der Waals surface area contributed by atoms with Crippen molar-refractivity contribution in [2.24, 2.45) is 0 Å². The highest BCUT2D eigenvalue weighted by Gasteiger charge is 1.89. The molecule has 21 heavy (non-hydrogen) atoms. The quantitative estimate of drug-likeness (QED) is 0.405. The van der Waals surface area contributed by atoms with E-state index in [0.29, 0.717) is 6.29 Å². The maximum atomic E-state index is 10.1. The lowest BCUT2D eigenvalue weighted by Crippen LogP contribution is -1.79. The molecule has 0 aliphatic rings. The fourth-order valence-corrected chi connectivity index (χ4v) is 1.53. The van der Waals surface area contributed by atoms with Gasteiger partial charge in [0, 0.05) is 16.7 Å². The Morgan fingerprint density at radius 1 is 0.762 bits per heavy atom. The van der Waals surface area contributed by atoms with Crippen LogP contribution in [0.3, 0.4) is 0 Å². The van der Waals surface area contributed by atoms with Crippen LogP contribution in [0.4, 0.5) is 0 Å². The molecule has 1 heteroatoms. The Balaban J connectivity index is 0.00000106. The third-order valence-corrected chi connectivity index (χ3v) is 2.56. The van der Waals surface area contributed by atoms with Gasteiger partial charge in [-0.2, -0.15) is 0 Å². The zero-order valence-corrected chi connectivity index (χ0v) is 12.0. The van der Waals surface area contributed by atoms with Gasteiger partial charge in [-0.25, -0.2) is 0 Å². The average molecular weight is 272 g/mol. The molecule has 0 N–H and O–H groups in total. The van der Waals surface area contributed by atoms with E-state index in [1.165, 1.54) is 5.56 Å². The maximum Gasteiger partial charge on any atom is 0.193 e. The number of hydrogen-bond acceptors (Lipinski definition) is 1. The predicted molar refractivity (Wildman–Crippen MR) is 87.8 cm³/mol. The molecule has 0 aromatic heterocycles. The number of carbonyl (C=O) groups is 1. The first-order valence-corrected chi connectivity index (χ1v) is 6.42. The normalized spacial score (nSPS) is 8.05. The minimum Gasteiger partial charge on any atom is -0.289 e. The molecule has 0 spiro atoms. The summed E-state index contributed by atoms with van der Waals surface area (Å²) in [7, 11) is 0. The Bertz CT molecular complexity index is 699. The van der Waals surface area contributed by atoms with Gasteiger partial charge < -0.3 is 0 Å². The Kier molecular flexibility index (Phi) is 6.84. The zero-order valence-electron chi connectivity index (χ0n) is 12.0. The molecule has 0 bridgehead atoms. The van der Waals surface area contributed by atoms with E-state index in [4.69, 9.17) is 0 Å². The minimum atomic E-state index is 0.588. The molecule has 102 valence electrons. The molecule has 0 saturated carbocycles. The summed E-state index contributed by atoms with van der Waals surface area (Å²) in [4.78, 5) is 10.1. The monoisotopic (exact) mass is 272 g/mol. The van der Waals surface area contributed by atoms with Gasteiger partial charge in [0.25, 0.3) is 0 Å². The van der Waals surface area contributed by atoms with Gasteiger partial charge in [-0.1, -0.05) is 35.5 Å².